The zero-order valence-corrected chi connectivity index (χ0v) is 12.8. The minimum Gasteiger partial charge on any atom is -0.320 e. The Balaban J connectivity index is 1.98. The van der Waals surface area contributed by atoms with E-state index >= 15 is 0 Å². The van der Waals surface area contributed by atoms with E-state index in [1.807, 2.05) is 11.3 Å². The molecular formula is C16H24N2S. The summed E-state index contributed by atoms with van der Waals surface area (Å²) in [6.07, 6.45) is 4.02. The van der Waals surface area contributed by atoms with E-state index in [2.05, 4.69) is 42.0 Å². The number of thiophene rings is 1. The molecule has 0 unspecified atom stereocenters. The predicted molar refractivity (Wildman–Crippen MR) is 83.1 cm³/mol. The molecule has 2 nitrogen and oxygen atoms in total. The summed E-state index contributed by atoms with van der Waals surface area (Å²) in [5.41, 5.74) is 6.63. The van der Waals surface area contributed by atoms with Crippen molar-refractivity contribution in [3.63, 3.8) is 0 Å². The van der Waals surface area contributed by atoms with E-state index in [0.717, 1.165) is 18.5 Å². The molecule has 1 aromatic heterocycles. The maximum Gasteiger partial charge on any atom is 0.0555 e. The topological polar surface area (TPSA) is 29.3 Å². The third-order valence-electron chi connectivity index (χ3n) is 3.47. The van der Waals surface area contributed by atoms with Gasteiger partial charge in [0.2, 0.25) is 0 Å². The van der Waals surface area contributed by atoms with Gasteiger partial charge in [0.15, 0.2) is 0 Å². The van der Waals surface area contributed by atoms with Gasteiger partial charge in [0, 0.05) is 23.0 Å². The van der Waals surface area contributed by atoms with Gasteiger partial charge in [0.1, 0.15) is 0 Å². The first-order valence-electron chi connectivity index (χ1n) is 7.20. The number of nitrogens with zero attached hydrogens (tertiary/aromatic N) is 1. The summed E-state index contributed by atoms with van der Waals surface area (Å²) in [7, 11) is 0. The lowest BCUT2D eigenvalue weighted by Crippen LogP contribution is -2.27. The molecule has 0 spiro atoms. The van der Waals surface area contributed by atoms with Crippen molar-refractivity contribution in [2.45, 2.75) is 45.7 Å². The monoisotopic (exact) mass is 276 g/mol. The predicted octanol–water partition coefficient (Wildman–Crippen LogP) is 3.07. The average Bonchev–Trinajstić information content (AvgIpc) is 3.13. The molecule has 1 fully saturated rings. The SMILES string of the molecule is CC(C)CCN(Cc1sccc1C#CCN)C1CC1. The molecule has 1 aliphatic rings. The minimum atomic E-state index is 0.439. The number of hydrogen-bond acceptors (Lipinski definition) is 3. The highest BCUT2D eigenvalue weighted by atomic mass is 32.1. The summed E-state index contributed by atoms with van der Waals surface area (Å²) >= 11 is 1.82. The maximum atomic E-state index is 5.46. The quantitative estimate of drug-likeness (QED) is 0.809. The minimum absolute atomic E-state index is 0.439. The summed E-state index contributed by atoms with van der Waals surface area (Å²) in [4.78, 5) is 4.04. The zero-order valence-electron chi connectivity index (χ0n) is 12.0. The molecule has 0 atom stereocenters. The highest BCUT2D eigenvalue weighted by molar-refractivity contribution is 7.10. The lowest BCUT2D eigenvalue weighted by atomic mass is 10.1. The van der Waals surface area contributed by atoms with Crippen molar-refractivity contribution in [2.75, 3.05) is 13.1 Å². The molecule has 0 aromatic carbocycles. The van der Waals surface area contributed by atoms with E-state index in [1.54, 1.807) is 0 Å². The van der Waals surface area contributed by atoms with Crippen LogP contribution in [0.3, 0.4) is 0 Å². The van der Waals surface area contributed by atoms with Crippen molar-refractivity contribution >= 4 is 11.3 Å². The van der Waals surface area contributed by atoms with E-state index in [9.17, 15) is 0 Å². The van der Waals surface area contributed by atoms with Gasteiger partial charge in [-0.25, -0.2) is 0 Å². The Bertz CT molecular complexity index is 449. The Hall–Kier alpha value is -0.820. The fourth-order valence-corrected chi connectivity index (χ4v) is 3.01. The molecule has 1 aromatic rings. The van der Waals surface area contributed by atoms with E-state index in [-0.39, 0.29) is 0 Å². The highest BCUT2D eigenvalue weighted by Crippen LogP contribution is 2.30. The molecule has 2 rings (SSSR count). The van der Waals surface area contributed by atoms with E-state index in [1.165, 1.54) is 36.2 Å². The van der Waals surface area contributed by atoms with Gasteiger partial charge in [-0.05, 0) is 43.2 Å². The van der Waals surface area contributed by atoms with Crippen LogP contribution < -0.4 is 5.73 Å². The zero-order chi connectivity index (χ0) is 13.7. The van der Waals surface area contributed by atoms with Crippen LogP contribution >= 0.6 is 11.3 Å². The van der Waals surface area contributed by atoms with E-state index < -0.39 is 0 Å². The number of nitrogens with two attached hydrogens (primary N) is 1. The molecule has 0 aliphatic heterocycles. The van der Waals surface area contributed by atoms with Crippen molar-refractivity contribution in [1.29, 1.82) is 0 Å². The smallest absolute Gasteiger partial charge is 0.0555 e. The van der Waals surface area contributed by atoms with Gasteiger partial charge in [-0.2, -0.15) is 0 Å². The molecule has 2 N–H and O–H groups in total. The molecule has 1 aliphatic carbocycles. The Morgan fingerprint density at radius 2 is 2.26 bits per heavy atom. The van der Waals surface area contributed by atoms with Crippen LogP contribution in [0.1, 0.15) is 43.6 Å². The van der Waals surface area contributed by atoms with Crippen LogP contribution in [0.15, 0.2) is 11.4 Å². The summed E-state index contributed by atoms with van der Waals surface area (Å²) in [5, 5.41) is 2.14. The summed E-state index contributed by atoms with van der Waals surface area (Å²) < 4.78 is 0. The lowest BCUT2D eigenvalue weighted by Gasteiger charge is -2.22. The maximum absolute atomic E-state index is 5.46. The third-order valence-corrected chi connectivity index (χ3v) is 4.38. The van der Waals surface area contributed by atoms with Crippen molar-refractivity contribution in [3.8, 4) is 11.8 Å². The Morgan fingerprint density at radius 3 is 2.89 bits per heavy atom. The Kier molecular flexibility index (Phi) is 5.45. The highest BCUT2D eigenvalue weighted by Gasteiger charge is 2.29. The lowest BCUT2D eigenvalue weighted by molar-refractivity contribution is 0.241. The molecular weight excluding hydrogens is 252 g/mol. The summed E-state index contributed by atoms with van der Waals surface area (Å²) in [6, 6.07) is 2.94. The van der Waals surface area contributed by atoms with Crippen LogP contribution in [-0.4, -0.2) is 24.0 Å². The standard InChI is InChI=1S/C16H24N2S/c1-13(2)7-10-18(15-5-6-15)12-16-14(4-3-9-17)8-11-19-16/h8,11,13,15H,5-7,9-10,12,17H2,1-2H3. The van der Waals surface area contributed by atoms with Gasteiger partial charge in [-0.3, -0.25) is 4.90 Å². The van der Waals surface area contributed by atoms with Crippen LogP contribution in [0.5, 0.6) is 0 Å². The second kappa shape index (κ2) is 7.09. The average molecular weight is 276 g/mol. The number of hydrogen-bond donors (Lipinski definition) is 1. The van der Waals surface area contributed by atoms with Crippen molar-refractivity contribution < 1.29 is 0 Å². The Morgan fingerprint density at radius 1 is 1.47 bits per heavy atom. The molecule has 1 heterocycles. The van der Waals surface area contributed by atoms with Crippen LogP contribution in [-0.2, 0) is 6.54 Å². The summed E-state index contributed by atoms with van der Waals surface area (Å²) in [6.45, 7) is 7.31. The van der Waals surface area contributed by atoms with E-state index in [4.69, 9.17) is 5.73 Å². The van der Waals surface area contributed by atoms with Crippen molar-refractivity contribution in [3.05, 3.63) is 21.9 Å². The summed E-state index contributed by atoms with van der Waals surface area (Å²) in [5.74, 6) is 6.94. The van der Waals surface area contributed by atoms with Gasteiger partial charge in [0.05, 0.1) is 6.54 Å². The fourth-order valence-electron chi connectivity index (χ4n) is 2.16. The first kappa shape index (κ1) is 14.6. The largest absolute Gasteiger partial charge is 0.320 e. The van der Waals surface area contributed by atoms with Crippen LogP contribution in [0.25, 0.3) is 0 Å². The first-order chi connectivity index (χ1) is 9.20. The fraction of sp³-hybridized carbons (Fsp3) is 0.625. The van der Waals surface area contributed by atoms with E-state index in [0.29, 0.717) is 6.54 Å². The first-order valence-corrected chi connectivity index (χ1v) is 8.08. The molecule has 0 amide bonds. The van der Waals surface area contributed by atoms with Crippen LogP contribution in [0, 0.1) is 17.8 Å². The molecule has 3 heteroatoms. The van der Waals surface area contributed by atoms with Crippen LogP contribution in [0.4, 0.5) is 0 Å². The van der Waals surface area contributed by atoms with Gasteiger partial charge in [-0.15, -0.1) is 11.3 Å². The van der Waals surface area contributed by atoms with Gasteiger partial charge in [0.25, 0.3) is 0 Å². The molecule has 0 saturated heterocycles. The molecule has 0 bridgehead atoms. The van der Waals surface area contributed by atoms with Gasteiger partial charge in [-0.1, -0.05) is 25.7 Å². The number of rotatable bonds is 6. The molecule has 104 valence electrons. The van der Waals surface area contributed by atoms with Gasteiger partial charge >= 0.3 is 0 Å². The van der Waals surface area contributed by atoms with Gasteiger partial charge < -0.3 is 5.73 Å². The normalized spacial score (nSPS) is 14.8. The molecule has 19 heavy (non-hydrogen) atoms. The molecule has 1 saturated carbocycles. The third kappa shape index (κ3) is 4.65. The Labute approximate surface area is 121 Å². The van der Waals surface area contributed by atoms with Crippen molar-refractivity contribution in [2.24, 2.45) is 11.7 Å². The second-order valence-electron chi connectivity index (χ2n) is 5.65. The van der Waals surface area contributed by atoms with Crippen molar-refractivity contribution in [1.82, 2.24) is 4.90 Å². The molecule has 0 radical (unpaired) electrons. The van der Waals surface area contributed by atoms with Crippen LogP contribution in [0.2, 0.25) is 0 Å². The second-order valence-corrected chi connectivity index (χ2v) is 6.65.